The van der Waals surface area contributed by atoms with Crippen molar-refractivity contribution in [3.63, 3.8) is 0 Å². The highest BCUT2D eigenvalue weighted by Crippen LogP contribution is 2.34. The number of benzene rings is 1. The fourth-order valence-corrected chi connectivity index (χ4v) is 4.36. The highest BCUT2D eigenvalue weighted by Gasteiger charge is 2.23. The van der Waals surface area contributed by atoms with Crippen molar-refractivity contribution in [3.8, 4) is 0 Å². The molecule has 1 aromatic carbocycles. The van der Waals surface area contributed by atoms with E-state index in [2.05, 4.69) is 21.3 Å². The molecule has 1 saturated heterocycles. The second-order valence-electron chi connectivity index (χ2n) is 7.25. The Labute approximate surface area is 160 Å². The summed E-state index contributed by atoms with van der Waals surface area (Å²) in [6, 6.07) is 9.42. The third-order valence-corrected chi connectivity index (χ3v) is 6.34. The molecule has 0 bridgehead atoms. The third kappa shape index (κ3) is 4.15. The zero-order valence-corrected chi connectivity index (χ0v) is 16.3. The summed E-state index contributed by atoms with van der Waals surface area (Å²) in [7, 11) is -3.18. The number of piperidine rings is 1. The first-order valence-corrected chi connectivity index (χ1v) is 11.3. The lowest BCUT2D eigenvalue weighted by Crippen LogP contribution is -2.32. The molecule has 0 atom stereocenters. The topological polar surface area (TPSA) is 71.5 Å². The number of hydrogen-bond donors (Lipinski definition) is 1. The van der Waals surface area contributed by atoms with Gasteiger partial charge in [0.15, 0.2) is 9.84 Å². The smallest absolute Gasteiger partial charge is 0.175 e. The summed E-state index contributed by atoms with van der Waals surface area (Å²) >= 11 is 0. The van der Waals surface area contributed by atoms with Crippen LogP contribution in [0, 0.1) is 0 Å². The molecule has 1 fully saturated rings. The lowest BCUT2D eigenvalue weighted by Gasteiger charge is -2.23. The molecule has 1 N–H and O–H groups in total. The van der Waals surface area contributed by atoms with Gasteiger partial charge in [-0.25, -0.2) is 13.4 Å². The van der Waals surface area contributed by atoms with Gasteiger partial charge < -0.3 is 15.0 Å². The molecule has 0 amide bonds. The molecule has 0 spiro atoms. The number of nitrogens with one attached hydrogen (secondary N) is 1. The van der Waals surface area contributed by atoms with Crippen LogP contribution in [0.2, 0.25) is 0 Å². The molecule has 2 aliphatic heterocycles. The normalized spacial score (nSPS) is 17.9. The van der Waals surface area contributed by atoms with E-state index in [0.29, 0.717) is 17.6 Å². The first-order chi connectivity index (χ1) is 13.0. The summed E-state index contributed by atoms with van der Waals surface area (Å²) in [6.45, 7) is 3.45. The van der Waals surface area contributed by atoms with Crippen LogP contribution in [0.5, 0.6) is 0 Å². The number of nitrogens with zero attached hydrogens (tertiary/aromatic N) is 2. The van der Waals surface area contributed by atoms with Gasteiger partial charge in [0, 0.05) is 24.7 Å². The molecule has 1 aromatic heterocycles. The van der Waals surface area contributed by atoms with Crippen LogP contribution in [0.3, 0.4) is 0 Å². The third-order valence-electron chi connectivity index (χ3n) is 5.23. The second-order valence-corrected chi connectivity index (χ2v) is 9.27. The van der Waals surface area contributed by atoms with Gasteiger partial charge in [-0.15, -0.1) is 0 Å². The van der Waals surface area contributed by atoms with Crippen LogP contribution < -0.4 is 10.2 Å². The number of rotatable bonds is 5. The van der Waals surface area contributed by atoms with Gasteiger partial charge in [0.1, 0.15) is 5.82 Å². The Morgan fingerprint density at radius 2 is 2.04 bits per heavy atom. The number of pyridine rings is 1. The van der Waals surface area contributed by atoms with Crippen LogP contribution in [0.15, 0.2) is 41.4 Å². The van der Waals surface area contributed by atoms with Crippen LogP contribution in [-0.4, -0.2) is 45.4 Å². The molecule has 144 valence electrons. The van der Waals surface area contributed by atoms with Crippen LogP contribution in [0.25, 0.3) is 0 Å². The van der Waals surface area contributed by atoms with Crippen LogP contribution in [-0.2, 0) is 27.6 Å². The quantitative estimate of drug-likeness (QED) is 0.850. The fraction of sp³-hybridized carbons (Fsp3) is 0.450. The molecule has 0 aliphatic carbocycles. The van der Waals surface area contributed by atoms with E-state index in [-0.39, 0.29) is 0 Å². The van der Waals surface area contributed by atoms with Crippen molar-refractivity contribution in [2.24, 2.45) is 0 Å². The van der Waals surface area contributed by atoms with Crippen molar-refractivity contribution in [3.05, 3.63) is 47.7 Å². The van der Waals surface area contributed by atoms with Crippen LogP contribution >= 0.6 is 0 Å². The zero-order valence-electron chi connectivity index (χ0n) is 15.5. The Bertz CT molecular complexity index is 907. The van der Waals surface area contributed by atoms with Crippen molar-refractivity contribution in [1.29, 1.82) is 0 Å². The molecule has 2 aliphatic rings. The standard InChI is InChI=1S/C20H25N3O3S/c1-27(24,25)18-3-4-19-16(12-18)8-11-23(19)20-5-2-15(13-22-20)14-26-17-6-9-21-10-7-17/h2-5,12-13,17,21H,6-11,14H2,1H3. The Hall–Kier alpha value is -1.96. The molecule has 27 heavy (non-hydrogen) atoms. The summed E-state index contributed by atoms with van der Waals surface area (Å²) in [5, 5.41) is 3.34. The van der Waals surface area contributed by atoms with Gasteiger partial charge in [0.25, 0.3) is 0 Å². The molecule has 0 unspecified atom stereocenters. The number of hydrogen-bond acceptors (Lipinski definition) is 6. The largest absolute Gasteiger partial charge is 0.373 e. The van der Waals surface area contributed by atoms with Gasteiger partial charge in [-0.1, -0.05) is 6.07 Å². The van der Waals surface area contributed by atoms with E-state index in [4.69, 9.17) is 4.74 Å². The second kappa shape index (κ2) is 7.58. The van der Waals surface area contributed by atoms with E-state index in [1.165, 1.54) is 6.26 Å². The minimum absolute atomic E-state index is 0.334. The Morgan fingerprint density at radius 3 is 2.74 bits per heavy atom. The van der Waals surface area contributed by atoms with Gasteiger partial charge in [0.05, 0.1) is 17.6 Å². The Kier molecular flexibility index (Phi) is 5.16. The lowest BCUT2D eigenvalue weighted by atomic mass is 10.1. The van der Waals surface area contributed by atoms with Crippen molar-refractivity contribution >= 4 is 21.3 Å². The average molecular weight is 388 g/mol. The minimum atomic E-state index is -3.18. The van der Waals surface area contributed by atoms with E-state index < -0.39 is 9.84 Å². The highest BCUT2D eigenvalue weighted by atomic mass is 32.2. The first kappa shape index (κ1) is 18.4. The number of fused-ring (bicyclic) bond motifs is 1. The highest BCUT2D eigenvalue weighted by molar-refractivity contribution is 7.90. The predicted molar refractivity (Wildman–Crippen MR) is 105 cm³/mol. The van der Waals surface area contributed by atoms with Crippen molar-refractivity contribution < 1.29 is 13.2 Å². The van der Waals surface area contributed by atoms with E-state index in [1.807, 2.05) is 18.3 Å². The molecule has 3 heterocycles. The minimum Gasteiger partial charge on any atom is -0.373 e. The first-order valence-electron chi connectivity index (χ1n) is 9.38. The van der Waals surface area contributed by atoms with Gasteiger partial charge in [-0.05, 0) is 67.7 Å². The fourth-order valence-electron chi connectivity index (χ4n) is 3.68. The molecule has 0 radical (unpaired) electrons. The average Bonchev–Trinajstić information content (AvgIpc) is 3.10. The lowest BCUT2D eigenvalue weighted by molar-refractivity contribution is 0.0211. The zero-order chi connectivity index (χ0) is 18.9. The molecule has 6 nitrogen and oxygen atoms in total. The molecular weight excluding hydrogens is 362 g/mol. The summed E-state index contributed by atoms with van der Waals surface area (Å²) in [5.41, 5.74) is 3.16. The Balaban J connectivity index is 1.44. The monoisotopic (exact) mass is 387 g/mol. The summed E-state index contributed by atoms with van der Waals surface area (Å²) in [4.78, 5) is 7.12. The van der Waals surface area contributed by atoms with E-state index >= 15 is 0 Å². The maximum Gasteiger partial charge on any atom is 0.175 e. The maximum absolute atomic E-state index is 11.8. The van der Waals surface area contributed by atoms with E-state index in [0.717, 1.165) is 61.5 Å². The SMILES string of the molecule is CS(=O)(=O)c1ccc2c(c1)CCN2c1ccc(COC2CCNCC2)cn1. The molecular formula is C20H25N3O3S. The van der Waals surface area contributed by atoms with Gasteiger partial charge >= 0.3 is 0 Å². The van der Waals surface area contributed by atoms with E-state index in [1.54, 1.807) is 12.1 Å². The number of aromatic nitrogens is 1. The van der Waals surface area contributed by atoms with Crippen molar-refractivity contribution in [2.45, 2.75) is 36.9 Å². The van der Waals surface area contributed by atoms with E-state index in [9.17, 15) is 8.42 Å². The molecule has 4 rings (SSSR count). The van der Waals surface area contributed by atoms with Crippen molar-refractivity contribution in [1.82, 2.24) is 10.3 Å². The predicted octanol–water partition coefficient (Wildman–Crippen LogP) is 2.45. The summed E-state index contributed by atoms with van der Waals surface area (Å²) in [5.74, 6) is 0.881. The maximum atomic E-state index is 11.8. The van der Waals surface area contributed by atoms with Crippen molar-refractivity contribution in [2.75, 3.05) is 30.8 Å². The number of ether oxygens (including phenoxy) is 1. The molecule has 0 saturated carbocycles. The Morgan fingerprint density at radius 1 is 1.22 bits per heavy atom. The number of anilines is 2. The summed E-state index contributed by atoms with van der Waals surface area (Å²) in [6.07, 6.45) is 6.39. The number of sulfone groups is 1. The van der Waals surface area contributed by atoms with Gasteiger partial charge in [0.2, 0.25) is 0 Å². The molecule has 2 aromatic rings. The van der Waals surface area contributed by atoms with Crippen LogP contribution in [0.4, 0.5) is 11.5 Å². The van der Waals surface area contributed by atoms with Gasteiger partial charge in [-0.2, -0.15) is 0 Å². The van der Waals surface area contributed by atoms with Gasteiger partial charge in [-0.3, -0.25) is 0 Å². The summed E-state index contributed by atoms with van der Waals surface area (Å²) < 4.78 is 29.5. The van der Waals surface area contributed by atoms with Crippen LogP contribution in [0.1, 0.15) is 24.0 Å². The molecule has 7 heteroatoms.